The van der Waals surface area contributed by atoms with Gasteiger partial charge in [-0.1, -0.05) is 47.5 Å². The van der Waals surface area contributed by atoms with E-state index in [-0.39, 0.29) is 13.2 Å². The smallest absolute Gasteiger partial charge is 0.412 e. The molecule has 0 aromatic heterocycles. The van der Waals surface area contributed by atoms with Crippen LogP contribution >= 0.6 is 0 Å². The maximum absolute atomic E-state index is 12.4. The third kappa shape index (κ3) is 7.74. The minimum absolute atomic E-state index is 0.0560. The molecule has 0 aliphatic heterocycles. The lowest BCUT2D eigenvalue weighted by Gasteiger charge is -2.20. The van der Waals surface area contributed by atoms with Crippen LogP contribution in [0, 0.1) is 13.8 Å². The van der Waals surface area contributed by atoms with Gasteiger partial charge in [0.1, 0.15) is 13.2 Å². The van der Waals surface area contributed by atoms with Crippen LogP contribution in [0.3, 0.4) is 0 Å². The van der Waals surface area contributed by atoms with E-state index in [0.717, 1.165) is 11.1 Å². The number of ether oxygens (including phenoxy) is 4. The maximum Gasteiger partial charge on any atom is 0.412 e. The Morgan fingerprint density at radius 2 is 1.26 bits per heavy atom. The van der Waals surface area contributed by atoms with Crippen LogP contribution in [0.25, 0.3) is 0 Å². The average molecular weight is 465 g/mol. The second kappa shape index (κ2) is 12.2. The fourth-order valence-electron chi connectivity index (χ4n) is 2.93. The number of carbonyl (C=O) groups is 2. The van der Waals surface area contributed by atoms with Crippen molar-refractivity contribution in [1.82, 2.24) is 0 Å². The molecule has 8 heteroatoms. The molecular formula is C26H28N2O6. The van der Waals surface area contributed by atoms with E-state index >= 15 is 0 Å². The summed E-state index contributed by atoms with van der Waals surface area (Å²) in [6.45, 7) is 3.63. The van der Waals surface area contributed by atoms with Crippen molar-refractivity contribution in [3.63, 3.8) is 0 Å². The SMILES string of the molecule is COc1ccccc1OC[C@@H](COC(=O)Nc1ccc(C)cc1)OC(=O)Nc1ccc(C)cc1. The van der Waals surface area contributed by atoms with Gasteiger partial charge in [-0.2, -0.15) is 0 Å². The summed E-state index contributed by atoms with van der Waals surface area (Å²) >= 11 is 0. The van der Waals surface area contributed by atoms with Gasteiger partial charge in [0.15, 0.2) is 17.6 Å². The summed E-state index contributed by atoms with van der Waals surface area (Å²) in [6, 6.07) is 21.6. The number of benzene rings is 3. The largest absolute Gasteiger partial charge is 0.493 e. The highest BCUT2D eigenvalue weighted by Crippen LogP contribution is 2.26. The van der Waals surface area contributed by atoms with E-state index in [1.54, 1.807) is 42.5 Å². The molecule has 0 spiro atoms. The summed E-state index contributed by atoms with van der Waals surface area (Å²) in [7, 11) is 1.53. The van der Waals surface area contributed by atoms with Crippen LogP contribution < -0.4 is 20.1 Å². The highest BCUT2D eigenvalue weighted by molar-refractivity contribution is 5.85. The fourth-order valence-corrected chi connectivity index (χ4v) is 2.93. The zero-order chi connectivity index (χ0) is 24.3. The van der Waals surface area contributed by atoms with Crippen molar-refractivity contribution in [2.75, 3.05) is 31.0 Å². The average Bonchev–Trinajstić information content (AvgIpc) is 2.84. The standard InChI is InChI=1S/C26H28N2O6/c1-18-8-12-20(13-9-18)27-25(29)33-17-22(16-32-24-7-5-4-6-23(24)31-3)34-26(30)28-21-14-10-19(2)11-15-21/h4-15,22H,16-17H2,1-3H3,(H,27,29)(H,28,30)/t22-/m0/s1. The molecule has 0 aliphatic rings. The lowest BCUT2D eigenvalue weighted by Crippen LogP contribution is -2.33. The number of amides is 2. The van der Waals surface area contributed by atoms with E-state index < -0.39 is 18.3 Å². The predicted octanol–water partition coefficient (Wildman–Crippen LogP) is 5.56. The van der Waals surface area contributed by atoms with Crippen molar-refractivity contribution in [1.29, 1.82) is 0 Å². The van der Waals surface area contributed by atoms with Crippen molar-refractivity contribution in [3.8, 4) is 11.5 Å². The monoisotopic (exact) mass is 464 g/mol. The molecule has 0 radical (unpaired) electrons. The van der Waals surface area contributed by atoms with Crippen LogP contribution in [0.1, 0.15) is 11.1 Å². The van der Waals surface area contributed by atoms with Crippen molar-refractivity contribution >= 4 is 23.6 Å². The first-order chi connectivity index (χ1) is 16.4. The predicted molar refractivity (Wildman–Crippen MR) is 130 cm³/mol. The molecule has 178 valence electrons. The number of anilines is 2. The van der Waals surface area contributed by atoms with E-state index in [4.69, 9.17) is 18.9 Å². The highest BCUT2D eigenvalue weighted by Gasteiger charge is 2.19. The molecule has 2 N–H and O–H groups in total. The van der Waals surface area contributed by atoms with Gasteiger partial charge in [-0.15, -0.1) is 0 Å². The molecule has 0 fully saturated rings. The Morgan fingerprint density at radius 3 is 1.82 bits per heavy atom. The van der Waals surface area contributed by atoms with E-state index in [9.17, 15) is 9.59 Å². The molecule has 0 heterocycles. The summed E-state index contributed by atoms with van der Waals surface area (Å²) < 4.78 is 21.8. The zero-order valence-electron chi connectivity index (χ0n) is 19.4. The Balaban J connectivity index is 1.60. The summed E-state index contributed by atoms with van der Waals surface area (Å²) in [6.07, 6.45) is -2.24. The molecule has 0 bridgehead atoms. The minimum atomic E-state index is -0.876. The first-order valence-electron chi connectivity index (χ1n) is 10.7. The first kappa shape index (κ1) is 24.4. The number of hydrogen-bond acceptors (Lipinski definition) is 6. The van der Waals surface area contributed by atoms with Crippen LogP contribution in [0.2, 0.25) is 0 Å². The minimum Gasteiger partial charge on any atom is -0.493 e. The molecule has 0 saturated carbocycles. The highest BCUT2D eigenvalue weighted by atomic mass is 16.6. The Hall–Kier alpha value is -4.20. The number of hydrogen-bond donors (Lipinski definition) is 2. The van der Waals surface area contributed by atoms with E-state index in [1.807, 2.05) is 44.2 Å². The molecule has 2 amide bonds. The van der Waals surface area contributed by atoms with Crippen LogP contribution in [0.5, 0.6) is 11.5 Å². The number of rotatable bonds is 9. The van der Waals surface area contributed by atoms with Gasteiger partial charge >= 0.3 is 12.2 Å². The summed E-state index contributed by atoms with van der Waals surface area (Å²) in [5.74, 6) is 1.00. The number of nitrogens with one attached hydrogen (secondary N) is 2. The maximum atomic E-state index is 12.4. The van der Waals surface area contributed by atoms with Gasteiger partial charge < -0.3 is 18.9 Å². The van der Waals surface area contributed by atoms with E-state index in [2.05, 4.69) is 10.6 Å². The van der Waals surface area contributed by atoms with Gasteiger partial charge in [0.2, 0.25) is 0 Å². The molecular weight excluding hydrogens is 436 g/mol. The molecule has 34 heavy (non-hydrogen) atoms. The van der Waals surface area contributed by atoms with E-state index in [0.29, 0.717) is 22.9 Å². The van der Waals surface area contributed by atoms with Crippen LogP contribution in [-0.2, 0) is 9.47 Å². The Bertz CT molecular complexity index is 1080. The molecule has 3 aromatic rings. The zero-order valence-corrected chi connectivity index (χ0v) is 19.4. The molecule has 0 unspecified atom stereocenters. The molecule has 8 nitrogen and oxygen atoms in total. The van der Waals surface area contributed by atoms with Crippen LogP contribution in [0.4, 0.5) is 21.0 Å². The van der Waals surface area contributed by atoms with Gasteiger partial charge in [-0.25, -0.2) is 9.59 Å². The number of para-hydroxylation sites is 2. The molecule has 1 atom stereocenters. The van der Waals surface area contributed by atoms with Gasteiger partial charge in [-0.05, 0) is 50.2 Å². The topological polar surface area (TPSA) is 95.1 Å². The second-order valence-electron chi connectivity index (χ2n) is 7.57. The van der Waals surface area contributed by atoms with E-state index in [1.165, 1.54) is 7.11 Å². The van der Waals surface area contributed by atoms with Gasteiger partial charge in [-0.3, -0.25) is 10.6 Å². The second-order valence-corrected chi connectivity index (χ2v) is 7.57. The third-order valence-electron chi connectivity index (χ3n) is 4.76. The van der Waals surface area contributed by atoms with Crippen molar-refractivity contribution in [3.05, 3.63) is 83.9 Å². The third-order valence-corrected chi connectivity index (χ3v) is 4.76. The number of methoxy groups -OCH3 is 1. The van der Waals surface area contributed by atoms with Crippen LogP contribution in [0.15, 0.2) is 72.8 Å². The quantitative estimate of drug-likeness (QED) is 0.431. The Kier molecular flexibility index (Phi) is 8.73. The first-order valence-corrected chi connectivity index (χ1v) is 10.7. The molecule has 3 aromatic carbocycles. The lowest BCUT2D eigenvalue weighted by atomic mass is 10.2. The van der Waals surface area contributed by atoms with Crippen molar-refractivity contribution in [2.45, 2.75) is 20.0 Å². The Morgan fingerprint density at radius 1 is 0.735 bits per heavy atom. The van der Waals surface area contributed by atoms with Gasteiger partial charge in [0.05, 0.1) is 7.11 Å². The summed E-state index contributed by atoms with van der Waals surface area (Å²) in [4.78, 5) is 24.7. The molecule has 0 aliphatic carbocycles. The van der Waals surface area contributed by atoms with Gasteiger partial charge in [0, 0.05) is 11.4 Å². The normalized spacial score (nSPS) is 11.1. The van der Waals surface area contributed by atoms with Crippen LogP contribution in [-0.4, -0.2) is 38.6 Å². The summed E-state index contributed by atoms with van der Waals surface area (Å²) in [5, 5.41) is 5.29. The number of carbonyl (C=O) groups excluding carboxylic acids is 2. The van der Waals surface area contributed by atoms with Crippen molar-refractivity contribution in [2.24, 2.45) is 0 Å². The fraction of sp³-hybridized carbons (Fsp3) is 0.231. The number of aryl methyl sites for hydroxylation is 2. The van der Waals surface area contributed by atoms with Gasteiger partial charge in [0.25, 0.3) is 0 Å². The summed E-state index contributed by atoms with van der Waals surface area (Å²) in [5.41, 5.74) is 3.31. The van der Waals surface area contributed by atoms with Crippen molar-refractivity contribution < 1.29 is 28.5 Å². The Labute approximate surface area is 198 Å². The lowest BCUT2D eigenvalue weighted by molar-refractivity contribution is 0.0284. The molecule has 0 saturated heterocycles. The molecule has 3 rings (SSSR count).